The molecule has 5 nitrogen and oxygen atoms in total. The summed E-state index contributed by atoms with van der Waals surface area (Å²) in [5.74, 6) is -2.32. The molecule has 1 amide bonds. The molecule has 1 saturated heterocycles. The predicted octanol–water partition coefficient (Wildman–Crippen LogP) is 1.25. The van der Waals surface area contributed by atoms with Gasteiger partial charge in [-0.3, -0.25) is 4.79 Å². The first kappa shape index (κ1) is 15.8. The largest absolute Gasteiger partial charge is 0.341 e. The normalized spacial score (nSPS) is 17.0. The van der Waals surface area contributed by atoms with Crippen LogP contribution < -0.4 is 4.72 Å². The summed E-state index contributed by atoms with van der Waals surface area (Å²) in [6, 6.07) is 1.01. The van der Waals surface area contributed by atoms with E-state index in [0.717, 1.165) is 12.8 Å². The Balaban J connectivity index is 2.14. The van der Waals surface area contributed by atoms with Crippen LogP contribution in [0.25, 0.3) is 0 Å². The van der Waals surface area contributed by atoms with Gasteiger partial charge in [-0.15, -0.1) is 0 Å². The summed E-state index contributed by atoms with van der Waals surface area (Å²) < 4.78 is 52.4. The number of carbonyl (C=O) groups is 1. The monoisotopic (exact) mass is 318 g/mol. The lowest BCUT2D eigenvalue weighted by Gasteiger charge is -2.21. The molecule has 21 heavy (non-hydrogen) atoms. The van der Waals surface area contributed by atoms with E-state index in [2.05, 4.69) is 4.72 Å². The number of hydrogen-bond donors (Lipinski definition) is 1. The zero-order chi connectivity index (χ0) is 15.6. The van der Waals surface area contributed by atoms with Crippen LogP contribution in [-0.2, 0) is 14.8 Å². The second-order valence-corrected chi connectivity index (χ2v) is 6.69. The van der Waals surface area contributed by atoms with Crippen LogP contribution in [-0.4, -0.2) is 38.4 Å². The van der Waals surface area contributed by atoms with Crippen molar-refractivity contribution in [2.75, 3.05) is 13.1 Å². The summed E-state index contributed by atoms with van der Waals surface area (Å²) in [5.41, 5.74) is 0. The van der Waals surface area contributed by atoms with Crippen molar-refractivity contribution in [1.82, 2.24) is 9.62 Å². The number of hydrogen-bond acceptors (Lipinski definition) is 3. The number of nitrogens with zero attached hydrogens (tertiary/aromatic N) is 1. The van der Waals surface area contributed by atoms with Crippen molar-refractivity contribution in [3.63, 3.8) is 0 Å². The molecule has 0 saturated carbocycles. The van der Waals surface area contributed by atoms with Gasteiger partial charge in [0.2, 0.25) is 15.9 Å². The summed E-state index contributed by atoms with van der Waals surface area (Å²) in [6.45, 7) is 2.60. The van der Waals surface area contributed by atoms with Crippen LogP contribution in [0.3, 0.4) is 0 Å². The molecule has 1 aromatic rings. The third-order valence-corrected chi connectivity index (χ3v) is 4.79. The Morgan fingerprint density at radius 2 is 1.71 bits per heavy atom. The quantitative estimate of drug-likeness (QED) is 0.909. The average molecular weight is 318 g/mol. The Morgan fingerprint density at radius 1 is 1.19 bits per heavy atom. The van der Waals surface area contributed by atoms with Crippen LogP contribution in [0.1, 0.15) is 19.8 Å². The van der Waals surface area contributed by atoms with Crippen molar-refractivity contribution in [3.8, 4) is 0 Å². The minimum Gasteiger partial charge on any atom is -0.341 e. The number of nitrogens with one attached hydrogen (secondary N) is 1. The van der Waals surface area contributed by atoms with E-state index >= 15 is 0 Å². The first-order valence-electron chi connectivity index (χ1n) is 6.57. The molecule has 0 unspecified atom stereocenters. The van der Waals surface area contributed by atoms with Gasteiger partial charge in [0.15, 0.2) is 0 Å². The highest BCUT2D eigenvalue weighted by Crippen LogP contribution is 2.15. The molecule has 1 atom stereocenters. The highest BCUT2D eigenvalue weighted by molar-refractivity contribution is 7.89. The van der Waals surface area contributed by atoms with Gasteiger partial charge in [0.1, 0.15) is 11.6 Å². The fourth-order valence-electron chi connectivity index (χ4n) is 2.25. The first-order chi connectivity index (χ1) is 9.79. The van der Waals surface area contributed by atoms with Gasteiger partial charge in [-0.1, -0.05) is 0 Å². The first-order valence-corrected chi connectivity index (χ1v) is 8.05. The maximum absolute atomic E-state index is 13.1. The van der Waals surface area contributed by atoms with Crippen LogP contribution in [0.4, 0.5) is 8.78 Å². The van der Waals surface area contributed by atoms with E-state index < -0.39 is 32.6 Å². The molecular formula is C13H16F2N2O3S. The molecule has 1 N–H and O–H groups in total. The van der Waals surface area contributed by atoms with E-state index in [9.17, 15) is 22.0 Å². The summed E-state index contributed by atoms with van der Waals surface area (Å²) >= 11 is 0. The minimum absolute atomic E-state index is 0.340. The molecule has 1 aliphatic rings. The summed E-state index contributed by atoms with van der Waals surface area (Å²) in [4.78, 5) is 13.1. The van der Waals surface area contributed by atoms with Gasteiger partial charge >= 0.3 is 0 Å². The van der Waals surface area contributed by atoms with Gasteiger partial charge in [0, 0.05) is 19.2 Å². The lowest BCUT2D eigenvalue weighted by Crippen LogP contribution is -2.45. The number of likely N-dealkylation sites (tertiary alicyclic amines) is 1. The predicted molar refractivity (Wildman–Crippen MR) is 72.0 cm³/mol. The fraction of sp³-hybridized carbons (Fsp3) is 0.462. The molecule has 1 aromatic carbocycles. The Bertz CT molecular complexity index is 623. The van der Waals surface area contributed by atoms with Crippen molar-refractivity contribution < 1.29 is 22.0 Å². The van der Waals surface area contributed by atoms with E-state index in [4.69, 9.17) is 0 Å². The van der Waals surface area contributed by atoms with Crippen LogP contribution in [0, 0.1) is 11.6 Å². The van der Waals surface area contributed by atoms with Gasteiger partial charge in [-0.05, 0) is 31.9 Å². The number of benzene rings is 1. The Kier molecular flexibility index (Phi) is 4.58. The van der Waals surface area contributed by atoms with Crippen molar-refractivity contribution >= 4 is 15.9 Å². The van der Waals surface area contributed by atoms with Crippen molar-refractivity contribution in [2.45, 2.75) is 30.7 Å². The van der Waals surface area contributed by atoms with Gasteiger partial charge in [-0.2, -0.15) is 4.72 Å². The van der Waals surface area contributed by atoms with Crippen LogP contribution >= 0.6 is 0 Å². The standard InChI is InChI=1S/C13H16F2N2O3S/c1-9(13(18)17-4-2-3-5-17)16-21(19,20)12-7-10(14)6-11(15)8-12/h6-9,16H,2-5H2,1H3/t9-/m1/s1. The molecule has 0 aromatic heterocycles. The van der Waals surface area contributed by atoms with E-state index in [1.165, 1.54) is 6.92 Å². The molecule has 1 fully saturated rings. The summed E-state index contributed by atoms with van der Waals surface area (Å²) in [7, 11) is -4.16. The molecule has 0 bridgehead atoms. The second-order valence-electron chi connectivity index (χ2n) is 4.98. The highest BCUT2D eigenvalue weighted by atomic mass is 32.2. The molecule has 0 spiro atoms. The fourth-order valence-corrected chi connectivity index (χ4v) is 3.48. The maximum atomic E-state index is 13.1. The minimum atomic E-state index is -4.16. The molecule has 0 aliphatic carbocycles. The highest BCUT2D eigenvalue weighted by Gasteiger charge is 2.27. The van der Waals surface area contributed by atoms with Gasteiger partial charge in [-0.25, -0.2) is 17.2 Å². The molecule has 1 heterocycles. The van der Waals surface area contributed by atoms with E-state index in [1.807, 2.05) is 0 Å². The molecule has 0 radical (unpaired) electrons. The topological polar surface area (TPSA) is 66.5 Å². The van der Waals surface area contributed by atoms with Crippen molar-refractivity contribution in [1.29, 1.82) is 0 Å². The average Bonchev–Trinajstić information content (AvgIpc) is 2.89. The lowest BCUT2D eigenvalue weighted by atomic mass is 10.3. The molecule has 1 aliphatic heterocycles. The molecule has 2 rings (SSSR count). The summed E-state index contributed by atoms with van der Waals surface area (Å²) in [6.07, 6.45) is 1.78. The van der Waals surface area contributed by atoms with Crippen LogP contribution in [0.15, 0.2) is 23.1 Å². The third-order valence-electron chi connectivity index (χ3n) is 3.27. The molecular weight excluding hydrogens is 302 g/mol. The molecule has 116 valence electrons. The smallest absolute Gasteiger partial charge is 0.241 e. The number of amides is 1. The van der Waals surface area contributed by atoms with E-state index in [1.54, 1.807) is 4.90 Å². The second kappa shape index (κ2) is 6.07. The van der Waals surface area contributed by atoms with Gasteiger partial charge in [0.05, 0.1) is 10.9 Å². The Hall–Kier alpha value is -1.54. The van der Waals surface area contributed by atoms with Crippen LogP contribution in [0.5, 0.6) is 0 Å². The van der Waals surface area contributed by atoms with Gasteiger partial charge in [0.25, 0.3) is 0 Å². The number of carbonyl (C=O) groups excluding carboxylic acids is 1. The van der Waals surface area contributed by atoms with Crippen molar-refractivity contribution in [3.05, 3.63) is 29.8 Å². The zero-order valence-corrected chi connectivity index (χ0v) is 12.3. The van der Waals surface area contributed by atoms with Crippen LogP contribution in [0.2, 0.25) is 0 Å². The van der Waals surface area contributed by atoms with Gasteiger partial charge < -0.3 is 4.90 Å². The van der Waals surface area contributed by atoms with E-state index in [0.29, 0.717) is 31.3 Å². The SMILES string of the molecule is C[C@@H](NS(=O)(=O)c1cc(F)cc(F)c1)C(=O)N1CCCC1. The zero-order valence-electron chi connectivity index (χ0n) is 11.5. The van der Waals surface area contributed by atoms with E-state index in [-0.39, 0.29) is 5.91 Å². The Labute approximate surface area is 122 Å². The number of halogens is 2. The maximum Gasteiger partial charge on any atom is 0.241 e. The summed E-state index contributed by atoms with van der Waals surface area (Å²) in [5, 5.41) is 0. The van der Waals surface area contributed by atoms with Crippen molar-refractivity contribution in [2.24, 2.45) is 0 Å². The number of rotatable bonds is 4. The number of sulfonamides is 1. The third kappa shape index (κ3) is 3.76. The lowest BCUT2D eigenvalue weighted by molar-refractivity contribution is -0.131. The molecule has 8 heteroatoms. The Morgan fingerprint density at radius 3 is 2.24 bits per heavy atom.